The predicted octanol–water partition coefficient (Wildman–Crippen LogP) is 1.97. The molecule has 106 valence electrons. The van der Waals surface area contributed by atoms with Crippen molar-refractivity contribution in [2.75, 3.05) is 19.6 Å². The first-order valence-corrected chi connectivity index (χ1v) is 7.05. The molecule has 0 saturated carbocycles. The smallest absolute Gasteiger partial charge is 0.310 e. The van der Waals surface area contributed by atoms with Crippen molar-refractivity contribution in [2.45, 2.75) is 52.6 Å². The standard InChI is InChI=1S/C14H27NO3/c1-4-6-14(13(17)18)7-5-8-15(10-14)9-12(16)11(2)3/h11-12,16H,4-10H2,1-3H3,(H,17,18). The summed E-state index contributed by atoms with van der Waals surface area (Å²) in [6.07, 6.45) is 2.95. The summed E-state index contributed by atoms with van der Waals surface area (Å²) in [4.78, 5) is 13.7. The highest BCUT2D eigenvalue weighted by Crippen LogP contribution is 2.35. The molecular formula is C14H27NO3. The van der Waals surface area contributed by atoms with Gasteiger partial charge >= 0.3 is 5.97 Å². The summed E-state index contributed by atoms with van der Waals surface area (Å²) in [6, 6.07) is 0. The van der Waals surface area contributed by atoms with E-state index in [9.17, 15) is 15.0 Å². The zero-order valence-corrected chi connectivity index (χ0v) is 11.9. The molecule has 0 aromatic rings. The van der Waals surface area contributed by atoms with Gasteiger partial charge in [-0.1, -0.05) is 27.2 Å². The summed E-state index contributed by atoms with van der Waals surface area (Å²) in [5.41, 5.74) is -0.594. The molecule has 1 rings (SSSR count). The number of nitrogens with zero attached hydrogens (tertiary/aromatic N) is 1. The Kier molecular flexibility index (Phi) is 5.60. The normalized spacial score (nSPS) is 27.4. The Morgan fingerprint density at radius 3 is 2.61 bits per heavy atom. The average molecular weight is 257 g/mol. The lowest BCUT2D eigenvalue weighted by Gasteiger charge is -2.41. The van der Waals surface area contributed by atoms with Crippen molar-refractivity contribution in [3.05, 3.63) is 0 Å². The number of rotatable bonds is 6. The van der Waals surface area contributed by atoms with E-state index in [0.717, 1.165) is 32.2 Å². The molecule has 4 heteroatoms. The number of aliphatic carboxylic acids is 1. The van der Waals surface area contributed by atoms with Crippen LogP contribution in [0.2, 0.25) is 0 Å². The van der Waals surface area contributed by atoms with Crippen LogP contribution in [0.4, 0.5) is 0 Å². The largest absolute Gasteiger partial charge is 0.481 e. The number of β-amino-alcohol motifs (C(OH)–C–C–N with tert-alkyl or cyclic N) is 1. The molecule has 1 aliphatic heterocycles. The number of aliphatic hydroxyl groups is 1. The summed E-state index contributed by atoms with van der Waals surface area (Å²) in [5.74, 6) is -0.453. The van der Waals surface area contributed by atoms with Gasteiger partial charge in [-0.15, -0.1) is 0 Å². The van der Waals surface area contributed by atoms with Crippen molar-refractivity contribution >= 4 is 5.97 Å². The number of piperidine rings is 1. The number of carboxylic acid groups (broad SMARTS) is 1. The summed E-state index contributed by atoms with van der Waals surface area (Å²) >= 11 is 0. The van der Waals surface area contributed by atoms with Gasteiger partial charge in [0.05, 0.1) is 11.5 Å². The quantitative estimate of drug-likeness (QED) is 0.763. The van der Waals surface area contributed by atoms with Crippen LogP contribution in [0.5, 0.6) is 0 Å². The fraction of sp³-hybridized carbons (Fsp3) is 0.929. The lowest BCUT2D eigenvalue weighted by molar-refractivity contribution is -0.153. The molecule has 18 heavy (non-hydrogen) atoms. The van der Waals surface area contributed by atoms with Gasteiger partial charge in [-0.3, -0.25) is 9.69 Å². The van der Waals surface area contributed by atoms with Gasteiger partial charge in [-0.2, -0.15) is 0 Å². The maximum Gasteiger partial charge on any atom is 0.310 e. The predicted molar refractivity (Wildman–Crippen MR) is 71.5 cm³/mol. The molecule has 2 unspecified atom stereocenters. The van der Waals surface area contributed by atoms with Gasteiger partial charge in [-0.25, -0.2) is 0 Å². The molecule has 1 saturated heterocycles. The van der Waals surface area contributed by atoms with E-state index in [0.29, 0.717) is 13.1 Å². The van der Waals surface area contributed by atoms with E-state index in [4.69, 9.17) is 0 Å². The molecule has 2 atom stereocenters. The van der Waals surface area contributed by atoms with E-state index in [1.807, 2.05) is 20.8 Å². The fourth-order valence-electron chi connectivity index (χ4n) is 2.82. The van der Waals surface area contributed by atoms with Gasteiger partial charge in [0.25, 0.3) is 0 Å². The van der Waals surface area contributed by atoms with E-state index in [1.165, 1.54) is 0 Å². The van der Waals surface area contributed by atoms with Crippen LogP contribution in [-0.2, 0) is 4.79 Å². The Morgan fingerprint density at radius 2 is 2.11 bits per heavy atom. The Morgan fingerprint density at radius 1 is 1.44 bits per heavy atom. The number of hydrogen-bond acceptors (Lipinski definition) is 3. The van der Waals surface area contributed by atoms with Gasteiger partial charge in [0.2, 0.25) is 0 Å². The summed E-state index contributed by atoms with van der Waals surface area (Å²) in [5, 5.41) is 19.4. The van der Waals surface area contributed by atoms with E-state index in [1.54, 1.807) is 0 Å². The molecule has 0 aromatic heterocycles. The van der Waals surface area contributed by atoms with E-state index in [2.05, 4.69) is 4.90 Å². The molecule has 0 radical (unpaired) electrons. The molecule has 1 fully saturated rings. The number of carbonyl (C=O) groups is 1. The van der Waals surface area contributed by atoms with E-state index < -0.39 is 11.4 Å². The third kappa shape index (κ3) is 3.69. The van der Waals surface area contributed by atoms with Crippen LogP contribution in [0.15, 0.2) is 0 Å². The third-order valence-corrected chi connectivity index (χ3v) is 4.05. The van der Waals surface area contributed by atoms with Crippen molar-refractivity contribution in [3.8, 4) is 0 Å². The van der Waals surface area contributed by atoms with E-state index in [-0.39, 0.29) is 12.0 Å². The minimum Gasteiger partial charge on any atom is -0.481 e. The van der Waals surface area contributed by atoms with Crippen LogP contribution >= 0.6 is 0 Å². The number of likely N-dealkylation sites (tertiary alicyclic amines) is 1. The zero-order valence-electron chi connectivity index (χ0n) is 11.9. The lowest BCUT2D eigenvalue weighted by Crippen LogP contribution is -2.50. The number of hydrogen-bond donors (Lipinski definition) is 2. The van der Waals surface area contributed by atoms with Crippen LogP contribution in [0.1, 0.15) is 46.5 Å². The molecule has 0 aromatic carbocycles. The fourth-order valence-corrected chi connectivity index (χ4v) is 2.82. The van der Waals surface area contributed by atoms with Crippen molar-refractivity contribution in [2.24, 2.45) is 11.3 Å². The van der Waals surface area contributed by atoms with Crippen LogP contribution in [0.25, 0.3) is 0 Å². The minimum atomic E-state index is -0.673. The molecular weight excluding hydrogens is 230 g/mol. The molecule has 0 aliphatic carbocycles. The maximum atomic E-state index is 11.5. The second-order valence-electron chi connectivity index (χ2n) is 5.99. The molecule has 0 bridgehead atoms. The SMILES string of the molecule is CCCC1(C(=O)O)CCCN(CC(O)C(C)C)C1. The van der Waals surface area contributed by atoms with E-state index >= 15 is 0 Å². The van der Waals surface area contributed by atoms with Crippen molar-refractivity contribution in [3.63, 3.8) is 0 Å². The van der Waals surface area contributed by atoms with Crippen LogP contribution in [0, 0.1) is 11.3 Å². The van der Waals surface area contributed by atoms with Crippen LogP contribution in [-0.4, -0.2) is 46.8 Å². The Hall–Kier alpha value is -0.610. The topological polar surface area (TPSA) is 60.8 Å². The van der Waals surface area contributed by atoms with Crippen molar-refractivity contribution < 1.29 is 15.0 Å². The number of aliphatic hydroxyl groups excluding tert-OH is 1. The molecule has 4 nitrogen and oxygen atoms in total. The molecule has 1 heterocycles. The summed E-state index contributed by atoms with van der Waals surface area (Å²) < 4.78 is 0. The van der Waals surface area contributed by atoms with Crippen LogP contribution < -0.4 is 0 Å². The molecule has 1 aliphatic rings. The second kappa shape index (κ2) is 6.53. The minimum absolute atomic E-state index is 0.220. The zero-order chi connectivity index (χ0) is 13.8. The Labute approximate surface area is 110 Å². The highest BCUT2D eigenvalue weighted by molar-refractivity contribution is 5.75. The van der Waals surface area contributed by atoms with Crippen LogP contribution in [0.3, 0.4) is 0 Å². The first-order chi connectivity index (χ1) is 8.41. The Balaban J connectivity index is 2.66. The first kappa shape index (κ1) is 15.4. The third-order valence-electron chi connectivity index (χ3n) is 4.05. The molecule has 2 N–H and O–H groups in total. The first-order valence-electron chi connectivity index (χ1n) is 7.05. The van der Waals surface area contributed by atoms with Gasteiger partial charge < -0.3 is 10.2 Å². The summed E-state index contributed by atoms with van der Waals surface area (Å²) in [6.45, 7) is 8.10. The monoisotopic (exact) mass is 257 g/mol. The van der Waals surface area contributed by atoms with Gasteiger partial charge in [-0.05, 0) is 31.7 Å². The van der Waals surface area contributed by atoms with Crippen molar-refractivity contribution in [1.29, 1.82) is 0 Å². The summed E-state index contributed by atoms with van der Waals surface area (Å²) in [7, 11) is 0. The van der Waals surface area contributed by atoms with Crippen molar-refractivity contribution in [1.82, 2.24) is 4.90 Å². The highest BCUT2D eigenvalue weighted by Gasteiger charge is 2.41. The average Bonchev–Trinajstić information content (AvgIpc) is 2.29. The molecule has 0 spiro atoms. The van der Waals surface area contributed by atoms with Gasteiger partial charge in [0.1, 0.15) is 0 Å². The second-order valence-corrected chi connectivity index (χ2v) is 5.99. The molecule has 0 amide bonds. The Bertz CT molecular complexity index is 276. The highest BCUT2D eigenvalue weighted by atomic mass is 16.4. The maximum absolute atomic E-state index is 11.5. The van der Waals surface area contributed by atoms with Gasteiger partial charge in [0, 0.05) is 13.1 Å². The number of carboxylic acids is 1. The van der Waals surface area contributed by atoms with Gasteiger partial charge in [0.15, 0.2) is 0 Å². The lowest BCUT2D eigenvalue weighted by atomic mass is 9.76.